The zero-order valence-electron chi connectivity index (χ0n) is 17.3. The number of carbonyl (C=O) groups excluding carboxylic acids is 4. The molecule has 0 aliphatic carbocycles. The van der Waals surface area contributed by atoms with Crippen LogP contribution in [0.25, 0.3) is 10.8 Å². The van der Waals surface area contributed by atoms with Gasteiger partial charge in [0.1, 0.15) is 11.7 Å². The molecule has 0 bridgehead atoms. The number of hydrogen-bond donors (Lipinski definition) is 2. The number of aromatic nitrogens is 1. The zero-order valence-corrected chi connectivity index (χ0v) is 17.3. The van der Waals surface area contributed by atoms with Gasteiger partial charge in [0.25, 0.3) is 5.91 Å². The van der Waals surface area contributed by atoms with E-state index in [0.717, 1.165) is 5.39 Å². The van der Waals surface area contributed by atoms with E-state index >= 15 is 0 Å². The zero-order chi connectivity index (χ0) is 22.7. The highest BCUT2D eigenvalue weighted by Crippen LogP contribution is 2.24. The van der Waals surface area contributed by atoms with Crippen molar-refractivity contribution in [2.24, 2.45) is 5.92 Å². The smallest absolute Gasteiger partial charge is 0.308 e. The van der Waals surface area contributed by atoms with Crippen LogP contribution in [0.15, 0.2) is 48.7 Å². The number of ether oxygens (including phenoxy) is 1. The van der Waals surface area contributed by atoms with E-state index in [2.05, 4.69) is 15.0 Å². The maximum absolute atomic E-state index is 13.0. The van der Waals surface area contributed by atoms with Crippen molar-refractivity contribution in [3.63, 3.8) is 0 Å². The van der Waals surface area contributed by atoms with Crippen LogP contribution >= 0.6 is 0 Å². The van der Waals surface area contributed by atoms with Crippen molar-refractivity contribution in [1.29, 1.82) is 0 Å². The minimum absolute atomic E-state index is 0.0303. The lowest BCUT2D eigenvalue weighted by Crippen LogP contribution is -2.49. The highest BCUT2D eigenvalue weighted by molar-refractivity contribution is 6.06. The Bertz CT molecular complexity index is 1090. The first kappa shape index (κ1) is 21.6. The highest BCUT2D eigenvalue weighted by Gasteiger charge is 2.36. The fourth-order valence-corrected chi connectivity index (χ4v) is 3.97. The molecule has 0 spiro atoms. The number of fused-ring (bicyclic) bond motifs is 1. The number of aliphatic hydroxyl groups is 1. The molecule has 9 heteroatoms. The third kappa shape index (κ3) is 4.67. The number of nitrogens with one attached hydrogen (secondary N) is 1. The van der Waals surface area contributed by atoms with Gasteiger partial charge >= 0.3 is 5.97 Å². The van der Waals surface area contributed by atoms with Crippen LogP contribution < -0.4 is 5.32 Å². The summed E-state index contributed by atoms with van der Waals surface area (Å²) < 4.78 is 4.66. The number of nitrogens with zero attached hydrogens (tertiary/aromatic N) is 2. The van der Waals surface area contributed by atoms with Gasteiger partial charge in [-0.3, -0.25) is 24.2 Å². The van der Waals surface area contributed by atoms with E-state index in [-0.39, 0.29) is 43.3 Å². The number of rotatable bonds is 6. The maximum atomic E-state index is 13.0. The number of aliphatic hydroxyl groups excluding tert-OH is 1. The van der Waals surface area contributed by atoms with E-state index in [9.17, 15) is 24.3 Å². The summed E-state index contributed by atoms with van der Waals surface area (Å²) in [7, 11) is 0. The number of esters is 1. The van der Waals surface area contributed by atoms with Crippen molar-refractivity contribution in [2.45, 2.75) is 31.6 Å². The van der Waals surface area contributed by atoms with Gasteiger partial charge < -0.3 is 20.1 Å². The molecule has 3 heterocycles. The van der Waals surface area contributed by atoms with Gasteiger partial charge in [-0.2, -0.15) is 0 Å². The predicted octanol–water partition coefficient (Wildman–Crippen LogP) is 0.962. The molecule has 4 rings (SSSR count). The molecule has 1 aromatic heterocycles. The van der Waals surface area contributed by atoms with E-state index in [1.165, 1.54) is 4.90 Å². The van der Waals surface area contributed by atoms with E-state index < -0.39 is 30.1 Å². The number of ketones is 1. The fourth-order valence-electron chi connectivity index (χ4n) is 3.97. The Kier molecular flexibility index (Phi) is 6.27. The van der Waals surface area contributed by atoms with E-state index in [1.54, 1.807) is 30.5 Å². The van der Waals surface area contributed by atoms with Crippen molar-refractivity contribution in [3.05, 3.63) is 54.4 Å². The van der Waals surface area contributed by atoms with Crippen molar-refractivity contribution < 1.29 is 29.0 Å². The SMILES string of the molecule is O=C(C[C@H]1CC(=O)OC1O)CN1CC=CC[C@H](NC(=O)c2nccc3ccccc23)C1=O. The fraction of sp³-hybridized carbons (Fsp3) is 0.348. The molecule has 0 radical (unpaired) electrons. The molecule has 2 aliphatic rings. The first-order valence-corrected chi connectivity index (χ1v) is 10.4. The number of cyclic esters (lactones) is 1. The number of benzene rings is 1. The van der Waals surface area contributed by atoms with Crippen LogP contribution in [0.1, 0.15) is 29.8 Å². The van der Waals surface area contributed by atoms with Crippen molar-refractivity contribution in [1.82, 2.24) is 15.2 Å². The molecule has 1 fully saturated rings. The molecule has 166 valence electrons. The third-order valence-electron chi connectivity index (χ3n) is 5.61. The molecular weight excluding hydrogens is 414 g/mol. The minimum atomic E-state index is -1.30. The Labute approximate surface area is 184 Å². The molecule has 0 saturated carbocycles. The van der Waals surface area contributed by atoms with Crippen LogP contribution in [0.5, 0.6) is 0 Å². The molecule has 2 aromatic rings. The summed E-state index contributed by atoms with van der Waals surface area (Å²) in [5, 5.41) is 14.0. The van der Waals surface area contributed by atoms with Crippen LogP contribution in [-0.2, 0) is 19.1 Å². The summed E-state index contributed by atoms with van der Waals surface area (Å²) in [6.45, 7) is 0.0472. The Hall–Kier alpha value is -3.59. The summed E-state index contributed by atoms with van der Waals surface area (Å²) in [6, 6.07) is 8.32. The number of Topliss-reactive ketones (excluding diaryl/α,β-unsaturated/α-hetero) is 1. The quantitative estimate of drug-likeness (QED) is 0.509. The van der Waals surface area contributed by atoms with Crippen LogP contribution in [0.4, 0.5) is 0 Å². The molecule has 32 heavy (non-hydrogen) atoms. The molecule has 1 unspecified atom stereocenters. The second kappa shape index (κ2) is 9.27. The van der Waals surface area contributed by atoms with E-state index in [4.69, 9.17) is 0 Å². The molecule has 3 atom stereocenters. The van der Waals surface area contributed by atoms with Crippen molar-refractivity contribution in [2.75, 3.05) is 13.1 Å². The number of carbonyl (C=O) groups is 4. The van der Waals surface area contributed by atoms with Gasteiger partial charge in [-0.15, -0.1) is 0 Å². The minimum Gasteiger partial charge on any atom is -0.436 e. The van der Waals surface area contributed by atoms with Gasteiger partial charge in [-0.1, -0.05) is 36.4 Å². The van der Waals surface area contributed by atoms with Gasteiger partial charge in [0, 0.05) is 30.5 Å². The molecular formula is C23H23N3O6. The Morgan fingerprint density at radius 2 is 2.00 bits per heavy atom. The lowest BCUT2D eigenvalue weighted by molar-refractivity contribution is -0.156. The predicted molar refractivity (Wildman–Crippen MR) is 113 cm³/mol. The first-order valence-electron chi connectivity index (χ1n) is 10.4. The lowest BCUT2D eigenvalue weighted by atomic mass is 10.00. The van der Waals surface area contributed by atoms with Crippen molar-refractivity contribution in [3.8, 4) is 0 Å². The van der Waals surface area contributed by atoms with Crippen LogP contribution in [-0.4, -0.2) is 64.0 Å². The second-order valence-corrected chi connectivity index (χ2v) is 7.92. The lowest BCUT2D eigenvalue weighted by Gasteiger charge is -2.25. The van der Waals surface area contributed by atoms with E-state index in [0.29, 0.717) is 11.8 Å². The van der Waals surface area contributed by atoms with Gasteiger partial charge in [-0.05, 0) is 17.9 Å². The van der Waals surface area contributed by atoms with Crippen LogP contribution in [0.2, 0.25) is 0 Å². The third-order valence-corrected chi connectivity index (χ3v) is 5.61. The topological polar surface area (TPSA) is 126 Å². The molecule has 9 nitrogen and oxygen atoms in total. The Morgan fingerprint density at radius 1 is 1.19 bits per heavy atom. The number of amides is 2. The largest absolute Gasteiger partial charge is 0.436 e. The maximum Gasteiger partial charge on any atom is 0.308 e. The average Bonchev–Trinajstić information content (AvgIpc) is 2.99. The van der Waals surface area contributed by atoms with Gasteiger partial charge in [-0.25, -0.2) is 0 Å². The Morgan fingerprint density at radius 3 is 2.78 bits per heavy atom. The van der Waals surface area contributed by atoms with Crippen LogP contribution in [0.3, 0.4) is 0 Å². The first-order chi connectivity index (χ1) is 15.4. The van der Waals surface area contributed by atoms with Gasteiger partial charge in [0.15, 0.2) is 5.78 Å². The number of hydrogen-bond acceptors (Lipinski definition) is 7. The highest BCUT2D eigenvalue weighted by atomic mass is 16.6. The molecule has 2 N–H and O–H groups in total. The molecule has 1 aromatic carbocycles. The van der Waals surface area contributed by atoms with Crippen LogP contribution in [0, 0.1) is 5.92 Å². The van der Waals surface area contributed by atoms with Gasteiger partial charge in [0.05, 0.1) is 13.0 Å². The van der Waals surface area contributed by atoms with Crippen molar-refractivity contribution >= 4 is 34.3 Å². The standard InChI is InChI=1S/C23H23N3O6/c27-16(11-15-12-19(28)32-23(15)31)13-26-10-4-3-7-18(22(26)30)25-21(29)20-17-6-2-1-5-14(17)8-9-24-20/h1-6,8-9,15,18,23,31H,7,10-13H2,(H,25,29)/t15-,18-,23?/m0/s1. The monoisotopic (exact) mass is 437 g/mol. The molecule has 2 amide bonds. The summed E-state index contributed by atoms with van der Waals surface area (Å²) in [5.41, 5.74) is 0.228. The number of pyridine rings is 1. The summed E-state index contributed by atoms with van der Waals surface area (Å²) in [4.78, 5) is 55.2. The van der Waals surface area contributed by atoms with Gasteiger partial charge in [0.2, 0.25) is 12.2 Å². The molecule has 2 aliphatic heterocycles. The summed E-state index contributed by atoms with van der Waals surface area (Å²) in [6.07, 6.45) is 4.00. The average molecular weight is 437 g/mol. The summed E-state index contributed by atoms with van der Waals surface area (Å²) >= 11 is 0. The second-order valence-electron chi connectivity index (χ2n) is 7.92. The molecule has 1 saturated heterocycles. The Balaban J connectivity index is 1.42. The normalized spacial score (nSPS) is 23.2. The summed E-state index contributed by atoms with van der Waals surface area (Å²) in [5.74, 6) is -2.30. The van der Waals surface area contributed by atoms with E-state index in [1.807, 2.05) is 18.2 Å².